The fourth-order valence-corrected chi connectivity index (χ4v) is 1.97. The number of rotatable bonds is 4. The molecule has 0 fully saturated rings. The van der Waals surface area contributed by atoms with E-state index in [1.54, 1.807) is 7.05 Å². The van der Waals surface area contributed by atoms with Crippen molar-refractivity contribution in [1.29, 1.82) is 0 Å². The van der Waals surface area contributed by atoms with Crippen LogP contribution in [0, 0.1) is 19.3 Å². The van der Waals surface area contributed by atoms with Gasteiger partial charge in [0.2, 0.25) is 11.8 Å². The average molecular weight is 290 g/mol. The van der Waals surface area contributed by atoms with Gasteiger partial charge in [-0.05, 0) is 36.5 Å². The van der Waals surface area contributed by atoms with E-state index in [1.165, 1.54) is 4.90 Å². The Morgan fingerprint density at radius 3 is 2.38 bits per heavy atom. The van der Waals surface area contributed by atoms with Crippen LogP contribution < -0.4 is 5.32 Å². The predicted molar refractivity (Wildman–Crippen MR) is 86.3 cm³/mol. The number of carbonyl (C=O) groups excluding carboxylic acids is 2. The molecule has 1 aromatic carbocycles. The highest BCUT2D eigenvalue weighted by Gasteiger charge is 2.20. The second-order valence-corrected chi connectivity index (χ2v) is 6.78. The first-order valence-electron chi connectivity index (χ1n) is 7.20. The quantitative estimate of drug-likeness (QED) is 0.926. The highest BCUT2D eigenvalue weighted by molar-refractivity contribution is 5.95. The number of hydrogen-bond donors (Lipinski definition) is 1. The van der Waals surface area contributed by atoms with E-state index in [0.717, 1.165) is 16.8 Å². The van der Waals surface area contributed by atoms with Crippen molar-refractivity contribution in [2.24, 2.45) is 5.41 Å². The molecule has 1 aromatic rings. The van der Waals surface area contributed by atoms with Gasteiger partial charge >= 0.3 is 0 Å². The summed E-state index contributed by atoms with van der Waals surface area (Å²) in [6.07, 6.45) is 0.431. The molecule has 0 aromatic heterocycles. The number of hydrogen-bond acceptors (Lipinski definition) is 2. The molecule has 1 rings (SSSR count). The molecule has 21 heavy (non-hydrogen) atoms. The summed E-state index contributed by atoms with van der Waals surface area (Å²) in [4.78, 5) is 25.5. The first-order chi connectivity index (χ1) is 9.60. The smallest absolute Gasteiger partial charge is 0.243 e. The molecule has 116 valence electrons. The maximum atomic E-state index is 12.1. The fraction of sp³-hybridized carbons (Fsp3) is 0.529. The summed E-state index contributed by atoms with van der Waals surface area (Å²) in [5.41, 5.74) is 2.91. The number of likely N-dealkylation sites (N-methyl/N-ethyl adjacent to an activating group) is 1. The van der Waals surface area contributed by atoms with Crippen molar-refractivity contribution >= 4 is 17.5 Å². The van der Waals surface area contributed by atoms with Gasteiger partial charge in [-0.2, -0.15) is 0 Å². The van der Waals surface area contributed by atoms with E-state index in [4.69, 9.17) is 0 Å². The third-order valence-corrected chi connectivity index (χ3v) is 3.37. The van der Waals surface area contributed by atoms with Gasteiger partial charge in [0.1, 0.15) is 0 Å². The molecular weight excluding hydrogens is 264 g/mol. The number of nitrogens with zero attached hydrogens (tertiary/aromatic N) is 1. The van der Waals surface area contributed by atoms with Crippen molar-refractivity contribution in [2.45, 2.75) is 41.0 Å². The Labute approximate surface area is 127 Å². The monoisotopic (exact) mass is 290 g/mol. The van der Waals surface area contributed by atoms with Crippen molar-refractivity contribution < 1.29 is 9.59 Å². The number of carbonyl (C=O) groups is 2. The van der Waals surface area contributed by atoms with Crippen LogP contribution in [0.5, 0.6) is 0 Å². The first kappa shape index (κ1) is 17.2. The van der Waals surface area contributed by atoms with Crippen LogP contribution in [0.1, 0.15) is 38.3 Å². The minimum atomic E-state index is -0.173. The maximum absolute atomic E-state index is 12.1. The third-order valence-electron chi connectivity index (χ3n) is 3.37. The van der Waals surface area contributed by atoms with Crippen LogP contribution in [-0.4, -0.2) is 30.3 Å². The molecule has 0 bridgehead atoms. The van der Waals surface area contributed by atoms with E-state index in [0.29, 0.717) is 6.42 Å². The van der Waals surface area contributed by atoms with Crippen LogP contribution in [0.4, 0.5) is 5.69 Å². The molecule has 0 aliphatic rings. The molecule has 0 heterocycles. The van der Waals surface area contributed by atoms with Crippen LogP contribution in [-0.2, 0) is 9.59 Å². The Hall–Kier alpha value is -1.84. The maximum Gasteiger partial charge on any atom is 0.243 e. The minimum Gasteiger partial charge on any atom is -0.336 e. The molecule has 0 spiro atoms. The second kappa shape index (κ2) is 6.74. The van der Waals surface area contributed by atoms with Crippen molar-refractivity contribution in [3.8, 4) is 0 Å². The second-order valence-electron chi connectivity index (χ2n) is 6.78. The van der Waals surface area contributed by atoms with Gasteiger partial charge in [0.15, 0.2) is 0 Å². The fourth-order valence-electron chi connectivity index (χ4n) is 1.97. The summed E-state index contributed by atoms with van der Waals surface area (Å²) in [5, 5.41) is 2.87. The standard InChI is InChI=1S/C17H26N2O2/c1-12-8-7-9-14(13(12)2)18-15(20)11-19(6)16(21)10-17(3,4)5/h7-9H,10-11H2,1-6H3,(H,18,20). The van der Waals surface area contributed by atoms with Crippen LogP contribution in [0.3, 0.4) is 0 Å². The van der Waals surface area contributed by atoms with Crippen molar-refractivity contribution in [2.75, 3.05) is 18.9 Å². The lowest BCUT2D eigenvalue weighted by molar-refractivity contribution is -0.134. The van der Waals surface area contributed by atoms with Crippen molar-refractivity contribution in [3.05, 3.63) is 29.3 Å². The van der Waals surface area contributed by atoms with E-state index < -0.39 is 0 Å². The van der Waals surface area contributed by atoms with Crippen molar-refractivity contribution in [1.82, 2.24) is 4.90 Å². The van der Waals surface area contributed by atoms with Gasteiger partial charge in [0, 0.05) is 19.2 Å². The number of amides is 2. The van der Waals surface area contributed by atoms with Crippen LogP contribution in [0.2, 0.25) is 0 Å². The average Bonchev–Trinajstić information content (AvgIpc) is 2.32. The largest absolute Gasteiger partial charge is 0.336 e. The Morgan fingerprint density at radius 2 is 1.81 bits per heavy atom. The van der Waals surface area contributed by atoms with Gasteiger partial charge < -0.3 is 10.2 Å². The SMILES string of the molecule is Cc1cccc(NC(=O)CN(C)C(=O)CC(C)(C)C)c1C. The normalized spacial score (nSPS) is 11.1. The molecule has 0 atom stereocenters. The summed E-state index contributed by atoms with van der Waals surface area (Å²) in [6.45, 7) is 10.1. The molecule has 0 radical (unpaired) electrons. The number of benzene rings is 1. The molecule has 0 aliphatic heterocycles. The minimum absolute atomic E-state index is 0.0152. The molecular formula is C17H26N2O2. The molecule has 1 N–H and O–H groups in total. The van der Waals surface area contributed by atoms with Crippen molar-refractivity contribution in [3.63, 3.8) is 0 Å². The number of nitrogens with one attached hydrogen (secondary N) is 1. The Balaban J connectivity index is 2.61. The molecule has 0 aliphatic carbocycles. The van der Waals surface area contributed by atoms with E-state index in [2.05, 4.69) is 5.32 Å². The lowest BCUT2D eigenvalue weighted by Crippen LogP contribution is -2.36. The molecule has 0 unspecified atom stereocenters. The third kappa shape index (κ3) is 5.58. The van der Waals surface area contributed by atoms with E-state index in [9.17, 15) is 9.59 Å². The van der Waals surface area contributed by atoms with Gasteiger partial charge in [-0.1, -0.05) is 32.9 Å². The lowest BCUT2D eigenvalue weighted by Gasteiger charge is -2.23. The summed E-state index contributed by atoms with van der Waals surface area (Å²) >= 11 is 0. The molecule has 4 heteroatoms. The van der Waals surface area contributed by atoms with Crippen LogP contribution >= 0.6 is 0 Å². The first-order valence-corrected chi connectivity index (χ1v) is 7.20. The molecule has 0 saturated carbocycles. The van der Waals surface area contributed by atoms with E-state index in [1.807, 2.05) is 52.8 Å². The Kier molecular flexibility index (Phi) is 5.53. The summed E-state index contributed by atoms with van der Waals surface area (Å²) < 4.78 is 0. The van der Waals surface area contributed by atoms with Crippen LogP contribution in [0.25, 0.3) is 0 Å². The zero-order valence-corrected chi connectivity index (χ0v) is 13.9. The van der Waals surface area contributed by atoms with Gasteiger partial charge in [-0.15, -0.1) is 0 Å². The topological polar surface area (TPSA) is 49.4 Å². The predicted octanol–water partition coefficient (Wildman–Crippen LogP) is 3.14. The highest BCUT2D eigenvalue weighted by Crippen LogP contribution is 2.20. The molecule has 4 nitrogen and oxygen atoms in total. The molecule has 0 saturated heterocycles. The lowest BCUT2D eigenvalue weighted by atomic mass is 9.92. The molecule has 2 amide bonds. The Morgan fingerprint density at radius 1 is 1.19 bits per heavy atom. The van der Waals surface area contributed by atoms with Gasteiger partial charge in [-0.25, -0.2) is 0 Å². The number of aryl methyl sites for hydroxylation is 1. The van der Waals surface area contributed by atoms with E-state index in [-0.39, 0.29) is 23.8 Å². The van der Waals surface area contributed by atoms with Gasteiger partial charge in [0.05, 0.1) is 6.54 Å². The summed E-state index contributed by atoms with van der Waals surface area (Å²) in [7, 11) is 1.66. The number of anilines is 1. The van der Waals surface area contributed by atoms with Gasteiger partial charge in [-0.3, -0.25) is 9.59 Å². The highest BCUT2D eigenvalue weighted by atomic mass is 16.2. The zero-order valence-electron chi connectivity index (χ0n) is 13.9. The summed E-state index contributed by atoms with van der Waals surface area (Å²) in [5.74, 6) is -0.188. The summed E-state index contributed by atoms with van der Waals surface area (Å²) in [6, 6.07) is 5.79. The Bertz CT molecular complexity index is 530. The zero-order chi connectivity index (χ0) is 16.2. The van der Waals surface area contributed by atoms with E-state index >= 15 is 0 Å². The van der Waals surface area contributed by atoms with Gasteiger partial charge in [0.25, 0.3) is 0 Å². The van der Waals surface area contributed by atoms with Crippen LogP contribution in [0.15, 0.2) is 18.2 Å².